The van der Waals surface area contributed by atoms with Crippen molar-refractivity contribution in [1.29, 1.82) is 0 Å². The van der Waals surface area contributed by atoms with Crippen molar-refractivity contribution >= 4 is 22.6 Å². The molecule has 2 heterocycles. The lowest BCUT2D eigenvalue weighted by Crippen LogP contribution is -2.05. The average molecular weight is 177 g/mol. The number of hydrogen-bond donors (Lipinski definition) is 1. The monoisotopic (exact) mass is 177 g/mol. The first-order valence-corrected chi connectivity index (χ1v) is 4.31. The van der Waals surface area contributed by atoms with E-state index in [1.165, 1.54) is 0 Å². The Kier molecular flexibility index (Phi) is 1.93. The maximum absolute atomic E-state index is 10.7. The Hall–Kier alpha value is -1.51. The molecule has 13 heavy (non-hydrogen) atoms. The minimum Gasteiger partial charge on any atom is -0.455 e. The lowest BCUT2D eigenvalue weighted by atomic mass is 10.3. The first-order chi connectivity index (χ1) is 6.25. The van der Waals surface area contributed by atoms with Gasteiger partial charge in [-0.15, -0.1) is 0 Å². The van der Waals surface area contributed by atoms with Crippen LogP contribution in [0.25, 0.3) is 11.2 Å². The Morgan fingerprint density at radius 2 is 2.38 bits per heavy atom. The summed E-state index contributed by atoms with van der Waals surface area (Å²) in [4.78, 5) is 10.7. The Morgan fingerprint density at radius 1 is 1.54 bits per heavy atom. The smallest absolute Gasteiger partial charge is 0.150 e. The highest BCUT2D eigenvalue weighted by molar-refractivity contribution is 5.80. The van der Waals surface area contributed by atoms with Crippen LogP contribution in [0.1, 0.15) is 13.3 Å². The van der Waals surface area contributed by atoms with Gasteiger partial charge in [0, 0.05) is 19.0 Å². The molecule has 0 amide bonds. The second-order valence-electron chi connectivity index (χ2n) is 3.14. The van der Waals surface area contributed by atoms with E-state index in [-0.39, 0.29) is 5.78 Å². The molecule has 0 fully saturated rings. The number of carbonyl (C=O) groups excluding carboxylic acids is 1. The minimum absolute atomic E-state index is 0.199. The first-order valence-electron chi connectivity index (χ1n) is 4.31. The summed E-state index contributed by atoms with van der Waals surface area (Å²) >= 11 is 0. The summed E-state index contributed by atoms with van der Waals surface area (Å²) in [6.07, 6.45) is 0.559. The normalized spacial score (nSPS) is 10.8. The molecule has 0 saturated carbocycles. The van der Waals surface area contributed by atoms with E-state index < -0.39 is 0 Å². The number of benzene rings is 1. The van der Waals surface area contributed by atoms with Crippen LogP contribution in [0.15, 0.2) is 22.6 Å². The van der Waals surface area contributed by atoms with E-state index >= 15 is 0 Å². The predicted octanol–water partition coefficient (Wildman–Crippen LogP) is 2.26. The molecule has 0 spiro atoms. The van der Waals surface area contributed by atoms with Crippen LogP contribution in [-0.4, -0.2) is 12.3 Å². The van der Waals surface area contributed by atoms with Crippen LogP contribution in [0.2, 0.25) is 0 Å². The van der Waals surface area contributed by atoms with Gasteiger partial charge in [-0.1, -0.05) is 0 Å². The zero-order valence-electron chi connectivity index (χ0n) is 7.46. The molecule has 0 aliphatic heterocycles. The third kappa shape index (κ3) is 1.64. The van der Waals surface area contributed by atoms with Crippen LogP contribution in [-0.2, 0) is 4.79 Å². The van der Waals surface area contributed by atoms with Crippen molar-refractivity contribution in [2.75, 3.05) is 11.9 Å². The maximum atomic E-state index is 10.7. The van der Waals surface area contributed by atoms with Gasteiger partial charge in [-0.05, 0) is 19.1 Å². The highest BCUT2D eigenvalue weighted by atomic mass is 16.3. The first kappa shape index (κ1) is 8.10. The maximum Gasteiger partial charge on any atom is 0.150 e. The fourth-order valence-corrected chi connectivity index (χ4v) is 1.30. The van der Waals surface area contributed by atoms with Crippen LogP contribution in [0, 0.1) is 0 Å². The summed E-state index contributed by atoms with van der Waals surface area (Å²) < 4.78 is 5.32. The molecule has 2 bridgehead atoms. The van der Waals surface area contributed by atoms with Crippen molar-refractivity contribution in [3.05, 3.63) is 18.2 Å². The molecule has 0 aliphatic carbocycles. The second kappa shape index (κ2) is 3.09. The summed E-state index contributed by atoms with van der Waals surface area (Å²) in [6.45, 7) is 2.27. The fraction of sp³-hybridized carbons (Fsp3) is 0.300. The summed E-state index contributed by atoms with van der Waals surface area (Å²) in [5, 5.41) is 3.15. The van der Waals surface area contributed by atoms with Crippen molar-refractivity contribution < 1.29 is 9.21 Å². The van der Waals surface area contributed by atoms with E-state index in [2.05, 4.69) is 5.32 Å². The number of anilines is 1. The van der Waals surface area contributed by atoms with E-state index in [9.17, 15) is 4.79 Å². The molecule has 68 valence electrons. The minimum atomic E-state index is 0.199. The molecule has 0 radical (unpaired) electrons. The third-order valence-corrected chi connectivity index (χ3v) is 1.97. The van der Waals surface area contributed by atoms with Gasteiger partial charge in [0.15, 0.2) is 5.58 Å². The zero-order chi connectivity index (χ0) is 9.26. The van der Waals surface area contributed by atoms with Crippen LogP contribution in [0.5, 0.6) is 0 Å². The Balaban J connectivity index is 1.95. The number of carbonyl (C=O) groups is 1. The van der Waals surface area contributed by atoms with E-state index in [0.717, 1.165) is 16.9 Å². The summed E-state index contributed by atoms with van der Waals surface area (Å²) in [5.41, 5.74) is 2.72. The number of fused-ring (bicyclic) bond motifs is 2. The molecule has 2 aromatic heterocycles. The van der Waals surface area contributed by atoms with Gasteiger partial charge >= 0.3 is 0 Å². The zero-order valence-corrected chi connectivity index (χ0v) is 7.46. The van der Waals surface area contributed by atoms with E-state index in [1.54, 1.807) is 6.92 Å². The van der Waals surface area contributed by atoms with Gasteiger partial charge in [-0.2, -0.15) is 0 Å². The third-order valence-electron chi connectivity index (χ3n) is 1.97. The quantitative estimate of drug-likeness (QED) is 0.778. The topological polar surface area (TPSA) is 42.2 Å². The van der Waals surface area contributed by atoms with Crippen LogP contribution < -0.4 is 5.32 Å². The van der Waals surface area contributed by atoms with Crippen molar-refractivity contribution in [3.63, 3.8) is 0 Å². The fourth-order valence-electron chi connectivity index (χ4n) is 1.30. The van der Waals surface area contributed by atoms with Gasteiger partial charge in [0.05, 0.1) is 5.69 Å². The second-order valence-corrected chi connectivity index (χ2v) is 3.14. The molecule has 0 saturated heterocycles. The van der Waals surface area contributed by atoms with Crippen LogP contribution in [0.3, 0.4) is 0 Å². The predicted molar refractivity (Wildman–Crippen MR) is 51.2 cm³/mol. The van der Waals surface area contributed by atoms with E-state index in [4.69, 9.17) is 4.42 Å². The Morgan fingerprint density at radius 3 is 2.92 bits per heavy atom. The molecule has 2 aromatic rings. The van der Waals surface area contributed by atoms with Gasteiger partial charge in [-0.3, -0.25) is 4.79 Å². The number of hydrogen-bond acceptors (Lipinski definition) is 3. The van der Waals surface area contributed by atoms with Crippen LogP contribution in [0.4, 0.5) is 5.69 Å². The highest BCUT2D eigenvalue weighted by Crippen LogP contribution is 2.26. The molecule has 0 aromatic carbocycles. The molecular weight excluding hydrogens is 166 g/mol. The molecular formula is C10H11NO2. The number of furan rings is 2. The number of ketones is 1. The molecule has 2 rings (SSSR count). The lowest BCUT2D eigenvalue weighted by Gasteiger charge is -2.00. The molecule has 0 aliphatic rings. The number of rotatable bonds is 4. The van der Waals surface area contributed by atoms with Crippen molar-refractivity contribution in [1.82, 2.24) is 0 Å². The van der Waals surface area contributed by atoms with E-state index in [0.29, 0.717) is 13.0 Å². The van der Waals surface area contributed by atoms with Gasteiger partial charge in [0.25, 0.3) is 0 Å². The van der Waals surface area contributed by atoms with E-state index in [1.807, 2.05) is 18.2 Å². The molecule has 3 heteroatoms. The van der Waals surface area contributed by atoms with Gasteiger partial charge in [-0.25, -0.2) is 0 Å². The molecule has 0 atom stereocenters. The number of nitrogens with one attached hydrogen (secondary N) is 1. The van der Waals surface area contributed by atoms with Crippen molar-refractivity contribution in [3.8, 4) is 0 Å². The summed E-state index contributed by atoms with van der Waals surface area (Å²) in [6, 6.07) is 5.78. The molecule has 0 unspecified atom stereocenters. The standard InChI is InChI=1S/C10H11NO2/c1-7(12)4-5-11-9-6-8-2-3-10(9)13-8/h2-3,6,11H,4-5H2,1H3. The SMILES string of the molecule is CC(=O)CCNc1cc2ccc1o2. The number of Topliss-reactive ketones (excluding diaryl/α,β-unsaturated/α-hetero) is 1. The van der Waals surface area contributed by atoms with Gasteiger partial charge in [0.1, 0.15) is 11.4 Å². The Labute approximate surface area is 76.1 Å². The summed E-state index contributed by atoms with van der Waals surface area (Å²) in [5.74, 6) is 0.199. The van der Waals surface area contributed by atoms with Crippen LogP contribution >= 0.6 is 0 Å². The largest absolute Gasteiger partial charge is 0.455 e. The highest BCUT2D eigenvalue weighted by Gasteiger charge is 2.05. The van der Waals surface area contributed by atoms with Gasteiger partial charge < -0.3 is 9.73 Å². The average Bonchev–Trinajstić information content (AvgIpc) is 2.64. The molecule has 3 nitrogen and oxygen atoms in total. The lowest BCUT2D eigenvalue weighted by molar-refractivity contribution is -0.116. The van der Waals surface area contributed by atoms with Crippen molar-refractivity contribution in [2.45, 2.75) is 13.3 Å². The van der Waals surface area contributed by atoms with Crippen molar-refractivity contribution in [2.24, 2.45) is 0 Å². The summed E-state index contributed by atoms with van der Waals surface area (Å²) in [7, 11) is 0. The molecule has 1 N–H and O–H groups in total. The van der Waals surface area contributed by atoms with Gasteiger partial charge in [0.2, 0.25) is 0 Å². The Bertz CT molecular complexity index is 405.